The van der Waals surface area contributed by atoms with Crippen LogP contribution in [-0.4, -0.2) is 80.7 Å². The number of methoxy groups -OCH3 is 1. The van der Waals surface area contributed by atoms with E-state index in [2.05, 4.69) is 10.6 Å². The van der Waals surface area contributed by atoms with E-state index in [1.807, 2.05) is 6.92 Å². The normalized spacial score (nSPS) is 18.1. The molecule has 0 unspecified atom stereocenters. The number of para-hydroxylation sites is 1. The average molecular weight is 603 g/mol. The van der Waals surface area contributed by atoms with Crippen molar-refractivity contribution in [2.24, 2.45) is 5.92 Å². The summed E-state index contributed by atoms with van der Waals surface area (Å²) in [5.41, 5.74) is 0.948. The van der Waals surface area contributed by atoms with E-state index in [1.54, 1.807) is 78.9 Å². The van der Waals surface area contributed by atoms with Crippen molar-refractivity contribution in [2.75, 3.05) is 44.5 Å². The minimum Gasteiger partial charge on any atom is -0.497 e. The quantitative estimate of drug-likeness (QED) is 0.337. The van der Waals surface area contributed by atoms with Crippen molar-refractivity contribution < 1.29 is 32.6 Å². The van der Waals surface area contributed by atoms with Crippen LogP contribution in [0.15, 0.2) is 64.2 Å². The molecule has 1 aromatic heterocycles. The van der Waals surface area contributed by atoms with Crippen LogP contribution in [0.25, 0.3) is 0 Å². The number of sulfonamides is 1. The zero-order valence-electron chi connectivity index (χ0n) is 23.2. The van der Waals surface area contributed by atoms with Gasteiger partial charge in [-0.15, -0.1) is 11.3 Å². The first kappa shape index (κ1) is 30.3. The Hall–Kier alpha value is -3.65. The van der Waals surface area contributed by atoms with Crippen LogP contribution in [-0.2, 0) is 10.0 Å². The fourth-order valence-corrected chi connectivity index (χ4v) is 6.82. The van der Waals surface area contributed by atoms with Gasteiger partial charge in [0.25, 0.3) is 15.9 Å². The number of thiophene rings is 1. The van der Waals surface area contributed by atoms with Crippen LogP contribution in [0.5, 0.6) is 11.5 Å². The van der Waals surface area contributed by atoms with E-state index in [9.17, 15) is 23.1 Å². The van der Waals surface area contributed by atoms with E-state index in [0.29, 0.717) is 11.4 Å². The van der Waals surface area contributed by atoms with Gasteiger partial charge < -0.3 is 30.1 Å². The van der Waals surface area contributed by atoms with Crippen molar-refractivity contribution in [1.29, 1.82) is 0 Å². The monoisotopic (exact) mass is 602 g/mol. The van der Waals surface area contributed by atoms with Crippen molar-refractivity contribution in [3.05, 3.63) is 65.5 Å². The van der Waals surface area contributed by atoms with E-state index in [0.717, 1.165) is 11.3 Å². The number of nitrogens with zero attached hydrogens (tertiary/aromatic N) is 2. The van der Waals surface area contributed by atoms with E-state index in [1.165, 1.54) is 11.4 Å². The molecule has 41 heavy (non-hydrogen) atoms. The van der Waals surface area contributed by atoms with Gasteiger partial charge in [0.05, 0.1) is 37.6 Å². The van der Waals surface area contributed by atoms with Gasteiger partial charge in [-0.1, -0.05) is 19.1 Å². The minimum absolute atomic E-state index is 0.0112. The summed E-state index contributed by atoms with van der Waals surface area (Å²) in [7, 11) is -0.738. The molecular formula is C28H34N4O7S2. The van der Waals surface area contributed by atoms with E-state index < -0.39 is 28.2 Å². The summed E-state index contributed by atoms with van der Waals surface area (Å²) in [6, 6.07) is 13.7. The summed E-state index contributed by atoms with van der Waals surface area (Å²) in [5, 5.41) is 17.1. The van der Waals surface area contributed by atoms with E-state index in [-0.39, 0.29) is 52.7 Å². The summed E-state index contributed by atoms with van der Waals surface area (Å²) in [5.74, 6) is 0.0603. The number of nitrogens with one attached hydrogen (secondary N) is 2. The fourth-order valence-electron chi connectivity index (χ4n) is 4.43. The Labute approximate surface area is 243 Å². The number of urea groups is 1. The number of carbonyl (C=O) groups excluding carboxylic acids is 2. The Kier molecular flexibility index (Phi) is 9.53. The molecule has 1 aliphatic heterocycles. The second kappa shape index (κ2) is 12.9. The molecule has 2 aromatic carbocycles. The molecule has 3 amide bonds. The van der Waals surface area contributed by atoms with Crippen LogP contribution in [0.1, 0.15) is 24.2 Å². The Morgan fingerprint density at radius 2 is 1.93 bits per heavy atom. The first-order valence-corrected chi connectivity index (χ1v) is 15.3. The smallest absolute Gasteiger partial charge is 0.323 e. The number of rotatable bonds is 9. The second-order valence-electron chi connectivity index (χ2n) is 9.83. The molecular weight excluding hydrogens is 568 g/mol. The van der Waals surface area contributed by atoms with E-state index >= 15 is 0 Å². The summed E-state index contributed by atoms with van der Waals surface area (Å²) in [6.07, 6.45) is -0.692. The van der Waals surface area contributed by atoms with Crippen LogP contribution in [0.4, 0.5) is 16.2 Å². The predicted octanol–water partition coefficient (Wildman–Crippen LogP) is 3.94. The van der Waals surface area contributed by atoms with Gasteiger partial charge >= 0.3 is 6.03 Å². The Balaban J connectivity index is 1.66. The molecule has 0 saturated carbocycles. The highest BCUT2D eigenvalue weighted by Gasteiger charge is 2.36. The van der Waals surface area contributed by atoms with Crippen molar-refractivity contribution >= 4 is 44.7 Å². The number of aliphatic hydroxyl groups is 1. The Morgan fingerprint density at radius 1 is 1.20 bits per heavy atom. The van der Waals surface area contributed by atoms with Crippen LogP contribution in [0.2, 0.25) is 0 Å². The molecule has 13 heteroatoms. The molecule has 2 heterocycles. The number of ether oxygens (including phenoxy) is 2. The number of aliphatic hydroxyl groups excluding tert-OH is 1. The number of hydrogen-bond donors (Lipinski definition) is 3. The van der Waals surface area contributed by atoms with Crippen LogP contribution < -0.4 is 20.1 Å². The molecule has 0 radical (unpaired) electrons. The molecule has 0 fully saturated rings. The highest BCUT2D eigenvalue weighted by molar-refractivity contribution is 7.91. The SMILES string of the molecule is COc1ccc(NC(=O)Nc2cccc3c2O[C@@H](CN(C)S(=O)(=O)c2cccs2)[C@@H](C)CN([C@@H](C)CO)C3=O)cc1. The summed E-state index contributed by atoms with van der Waals surface area (Å²) in [6.45, 7) is 3.56. The molecule has 3 aromatic rings. The largest absolute Gasteiger partial charge is 0.497 e. The summed E-state index contributed by atoms with van der Waals surface area (Å²) < 4.78 is 39.4. The highest BCUT2D eigenvalue weighted by Crippen LogP contribution is 2.35. The van der Waals surface area contributed by atoms with Gasteiger partial charge in [0, 0.05) is 25.2 Å². The number of fused-ring (bicyclic) bond motifs is 1. The van der Waals surface area contributed by atoms with Gasteiger partial charge in [-0.3, -0.25) is 4.79 Å². The van der Waals surface area contributed by atoms with Gasteiger partial charge in [-0.25, -0.2) is 13.2 Å². The van der Waals surface area contributed by atoms with Gasteiger partial charge in [0.15, 0.2) is 5.75 Å². The van der Waals surface area contributed by atoms with Gasteiger partial charge in [0.1, 0.15) is 16.1 Å². The summed E-state index contributed by atoms with van der Waals surface area (Å²) >= 11 is 1.12. The van der Waals surface area contributed by atoms with Crippen molar-refractivity contribution in [3.63, 3.8) is 0 Å². The van der Waals surface area contributed by atoms with Crippen LogP contribution >= 0.6 is 11.3 Å². The van der Waals surface area contributed by atoms with Crippen molar-refractivity contribution in [1.82, 2.24) is 9.21 Å². The van der Waals surface area contributed by atoms with Crippen LogP contribution in [0, 0.1) is 5.92 Å². The van der Waals surface area contributed by atoms with Crippen molar-refractivity contribution in [2.45, 2.75) is 30.2 Å². The highest BCUT2D eigenvalue weighted by atomic mass is 32.2. The first-order chi connectivity index (χ1) is 19.5. The maximum Gasteiger partial charge on any atom is 0.323 e. The van der Waals surface area contributed by atoms with Gasteiger partial charge in [-0.2, -0.15) is 4.31 Å². The molecule has 3 N–H and O–H groups in total. The fraction of sp³-hybridized carbons (Fsp3) is 0.357. The third-order valence-corrected chi connectivity index (χ3v) is 10.1. The molecule has 0 saturated heterocycles. The lowest BCUT2D eigenvalue weighted by atomic mass is 9.99. The number of benzene rings is 2. The number of hydrogen-bond acceptors (Lipinski definition) is 8. The van der Waals surface area contributed by atoms with Crippen molar-refractivity contribution in [3.8, 4) is 11.5 Å². The number of carbonyl (C=O) groups is 2. The van der Waals surface area contributed by atoms with E-state index in [4.69, 9.17) is 9.47 Å². The van der Waals surface area contributed by atoms with Gasteiger partial charge in [-0.05, 0) is 54.8 Å². The Bertz CT molecular complexity index is 1460. The molecule has 220 valence electrons. The second-order valence-corrected chi connectivity index (χ2v) is 13.0. The predicted molar refractivity (Wildman–Crippen MR) is 157 cm³/mol. The third-order valence-electron chi connectivity index (χ3n) is 6.88. The molecule has 0 aliphatic carbocycles. The van der Waals surface area contributed by atoms with Crippen LogP contribution in [0.3, 0.4) is 0 Å². The maximum absolute atomic E-state index is 13.7. The molecule has 0 bridgehead atoms. The lowest BCUT2D eigenvalue weighted by Gasteiger charge is -2.38. The molecule has 1 aliphatic rings. The first-order valence-electron chi connectivity index (χ1n) is 13.0. The number of amides is 3. The summed E-state index contributed by atoms with van der Waals surface area (Å²) in [4.78, 5) is 28.1. The lowest BCUT2D eigenvalue weighted by Crippen LogP contribution is -2.50. The average Bonchev–Trinajstić information content (AvgIpc) is 3.51. The maximum atomic E-state index is 13.7. The Morgan fingerprint density at radius 3 is 2.56 bits per heavy atom. The molecule has 4 rings (SSSR count). The van der Waals surface area contributed by atoms with Gasteiger partial charge in [0.2, 0.25) is 0 Å². The topological polar surface area (TPSA) is 138 Å². The molecule has 0 spiro atoms. The zero-order valence-corrected chi connectivity index (χ0v) is 24.9. The number of anilines is 2. The molecule has 3 atom stereocenters. The zero-order chi connectivity index (χ0) is 29.7. The minimum atomic E-state index is -3.77. The standard InChI is InChI=1S/C28H34N4O7S2/c1-18-15-32(19(2)17-33)27(34)22-7-5-8-23(30-28(35)29-20-10-12-21(38-4)13-11-20)26(22)39-24(18)16-31(3)41(36,37)25-9-6-14-40-25/h5-14,18-19,24,33H,15-17H2,1-4H3,(H2,29,30,35)/t18-,19-,24-/m0/s1. The molecule has 11 nitrogen and oxygen atoms in total. The number of likely N-dealkylation sites (N-methyl/N-ethyl adjacent to an activating group) is 1. The third kappa shape index (κ3) is 6.81. The lowest BCUT2D eigenvalue weighted by molar-refractivity contribution is 0.0389.